The Hall–Kier alpha value is -2.56. The Morgan fingerprint density at radius 2 is 1.86 bits per heavy atom. The summed E-state index contributed by atoms with van der Waals surface area (Å²) in [7, 11) is 0. The number of carbonyl (C=O) groups excluding carboxylic acids is 1. The first-order chi connectivity index (χ1) is 10.3. The van der Waals surface area contributed by atoms with Gasteiger partial charge in [0.15, 0.2) is 0 Å². The number of carboxylic acids is 1. The zero-order chi connectivity index (χ0) is 16.4. The van der Waals surface area contributed by atoms with Crippen LogP contribution in [0.3, 0.4) is 0 Å². The number of carboxylic acid groups (broad SMARTS) is 1. The second-order valence-electron chi connectivity index (χ2n) is 5.56. The van der Waals surface area contributed by atoms with Gasteiger partial charge in [-0.05, 0) is 37.6 Å². The Morgan fingerprint density at radius 3 is 2.41 bits per heavy atom. The number of benzene rings is 1. The number of hydrogen-bond donors (Lipinski definition) is 2. The Kier molecular flexibility index (Phi) is 4.35. The third-order valence-corrected chi connectivity index (χ3v) is 3.48. The van der Waals surface area contributed by atoms with Crippen LogP contribution in [0.5, 0.6) is 0 Å². The minimum Gasteiger partial charge on any atom is -0.478 e. The summed E-state index contributed by atoms with van der Waals surface area (Å²) in [4.78, 5) is 23.4. The lowest BCUT2D eigenvalue weighted by molar-refractivity contribution is 0.0696. The fourth-order valence-electron chi connectivity index (χ4n) is 2.09. The summed E-state index contributed by atoms with van der Waals surface area (Å²) in [5, 5.41) is 11.8. The van der Waals surface area contributed by atoms with E-state index in [-0.39, 0.29) is 17.4 Å². The van der Waals surface area contributed by atoms with Crippen LogP contribution in [-0.4, -0.2) is 17.0 Å². The third-order valence-electron chi connectivity index (χ3n) is 3.48. The number of rotatable bonds is 4. The third kappa shape index (κ3) is 3.19. The van der Waals surface area contributed by atoms with Gasteiger partial charge >= 0.3 is 5.97 Å². The maximum atomic E-state index is 12.4. The first-order valence-corrected chi connectivity index (χ1v) is 7.05. The molecular formula is C17H19NO4. The van der Waals surface area contributed by atoms with Crippen LogP contribution in [0.25, 0.3) is 0 Å². The molecule has 0 saturated heterocycles. The number of anilines is 1. The highest BCUT2D eigenvalue weighted by Crippen LogP contribution is 2.24. The van der Waals surface area contributed by atoms with Crippen molar-refractivity contribution in [2.75, 3.05) is 5.32 Å². The standard InChI is InChI=1S/C17H19NO4/c1-9(2)15-8-13(11(4)22-15)16(19)18-14-7-12(17(20)21)6-5-10(14)3/h5-9H,1-4H3,(H,18,19)(H,20,21). The summed E-state index contributed by atoms with van der Waals surface area (Å²) in [5.74, 6) is 0.153. The van der Waals surface area contributed by atoms with E-state index in [4.69, 9.17) is 9.52 Å². The second-order valence-corrected chi connectivity index (χ2v) is 5.56. The van der Waals surface area contributed by atoms with E-state index in [2.05, 4.69) is 5.32 Å². The van der Waals surface area contributed by atoms with E-state index in [9.17, 15) is 9.59 Å². The van der Waals surface area contributed by atoms with Crippen molar-refractivity contribution in [1.29, 1.82) is 0 Å². The highest BCUT2D eigenvalue weighted by atomic mass is 16.4. The fraction of sp³-hybridized carbons (Fsp3) is 0.294. The van der Waals surface area contributed by atoms with Crippen molar-refractivity contribution in [3.8, 4) is 0 Å². The van der Waals surface area contributed by atoms with Crippen molar-refractivity contribution in [2.45, 2.75) is 33.6 Å². The van der Waals surface area contributed by atoms with E-state index in [0.29, 0.717) is 17.0 Å². The van der Waals surface area contributed by atoms with Gasteiger partial charge in [-0.2, -0.15) is 0 Å². The van der Waals surface area contributed by atoms with Crippen molar-refractivity contribution >= 4 is 17.6 Å². The molecule has 0 aliphatic carbocycles. The number of aryl methyl sites for hydroxylation is 2. The zero-order valence-electron chi connectivity index (χ0n) is 13.1. The van der Waals surface area contributed by atoms with Gasteiger partial charge in [0, 0.05) is 11.6 Å². The molecule has 22 heavy (non-hydrogen) atoms. The number of hydrogen-bond acceptors (Lipinski definition) is 3. The molecular weight excluding hydrogens is 282 g/mol. The molecule has 116 valence electrons. The summed E-state index contributed by atoms with van der Waals surface area (Å²) in [6.07, 6.45) is 0. The van der Waals surface area contributed by atoms with Crippen LogP contribution < -0.4 is 5.32 Å². The summed E-state index contributed by atoms with van der Waals surface area (Å²) in [6.45, 7) is 7.52. The molecule has 0 unspecified atom stereocenters. The molecule has 0 aliphatic rings. The monoisotopic (exact) mass is 301 g/mol. The molecule has 1 heterocycles. The molecule has 1 aromatic heterocycles. The molecule has 0 fully saturated rings. The van der Waals surface area contributed by atoms with E-state index in [1.807, 2.05) is 20.8 Å². The van der Waals surface area contributed by atoms with Crippen molar-refractivity contribution < 1.29 is 19.1 Å². The predicted molar refractivity (Wildman–Crippen MR) is 83.6 cm³/mol. The second kappa shape index (κ2) is 6.05. The van der Waals surface area contributed by atoms with E-state index in [0.717, 1.165) is 11.3 Å². The average molecular weight is 301 g/mol. The van der Waals surface area contributed by atoms with E-state index >= 15 is 0 Å². The Labute approximate surface area is 129 Å². The molecule has 5 heteroatoms. The van der Waals surface area contributed by atoms with Crippen LogP contribution in [0.15, 0.2) is 28.7 Å². The number of furan rings is 1. The van der Waals surface area contributed by atoms with Gasteiger partial charge in [-0.15, -0.1) is 0 Å². The van der Waals surface area contributed by atoms with Crippen molar-refractivity contribution in [3.63, 3.8) is 0 Å². The quantitative estimate of drug-likeness (QED) is 0.895. The average Bonchev–Trinajstić information content (AvgIpc) is 2.83. The maximum Gasteiger partial charge on any atom is 0.335 e. The van der Waals surface area contributed by atoms with Crippen molar-refractivity contribution in [1.82, 2.24) is 0 Å². The van der Waals surface area contributed by atoms with Gasteiger partial charge in [0.1, 0.15) is 11.5 Å². The van der Waals surface area contributed by atoms with Crippen LogP contribution in [0.4, 0.5) is 5.69 Å². The van der Waals surface area contributed by atoms with Crippen molar-refractivity contribution in [3.05, 3.63) is 52.5 Å². The highest BCUT2D eigenvalue weighted by molar-refractivity contribution is 6.06. The Bertz CT molecular complexity index is 728. The Morgan fingerprint density at radius 1 is 1.18 bits per heavy atom. The molecule has 1 aromatic carbocycles. The van der Waals surface area contributed by atoms with Crippen LogP contribution >= 0.6 is 0 Å². The number of amides is 1. The fourth-order valence-corrected chi connectivity index (χ4v) is 2.09. The smallest absolute Gasteiger partial charge is 0.335 e. The van der Waals surface area contributed by atoms with E-state index < -0.39 is 5.97 Å². The highest BCUT2D eigenvalue weighted by Gasteiger charge is 2.17. The molecule has 0 spiro atoms. The first-order valence-electron chi connectivity index (χ1n) is 7.05. The first kappa shape index (κ1) is 15.8. The molecule has 1 amide bonds. The van der Waals surface area contributed by atoms with E-state index in [1.165, 1.54) is 12.1 Å². The lowest BCUT2D eigenvalue weighted by Crippen LogP contribution is -2.13. The molecule has 0 aliphatic heterocycles. The summed E-state index contributed by atoms with van der Waals surface area (Å²) < 4.78 is 5.57. The largest absolute Gasteiger partial charge is 0.478 e. The van der Waals surface area contributed by atoms with Gasteiger partial charge < -0.3 is 14.8 Å². The molecule has 0 saturated carbocycles. The lowest BCUT2D eigenvalue weighted by Gasteiger charge is -2.08. The normalized spacial score (nSPS) is 10.8. The van der Waals surface area contributed by atoms with Crippen LogP contribution in [0, 0.1) is 13.8 Å². The SMILES string of the molecule is Cc1ccc(C(=O)O)cc1NC(=O)c1cc(C(C)C)oc1C. The number of aromatic carboxylic acids is 1. The van der Waals surface area contributed by atoms with Crippen LogP contribution in [0.2, 0.25) is 0 Å². The van der Waals surface area contributed by atoms with Crippen LogP contribution in [-0.2, 0) is 0 Å². The van der Waals surface area contributed by atoms with Crippen molar-refractivity contribution in [2.24, 2.45) is 0 Å². The summed E-state index contributed by atoms with van der Waals surface area (Å²) in [6, 6.07) is 6.36. The van der Waals surface area contributed by atoms with Gasteiger partial charge in [-0.1, -0.05) is 19.9 Å². The van der Waals surface area contributed by atoms with Gasteiger partial charge in [0.25, 0.3) is 5.91 Å². The Balaban J connectivity index is 2.29. The minimum absolute atomic E-state index is 0.132. The molecule has 0 radical (unpaired) electrons. The molecule has 5 nitrogen and oxygen atoms in total. The van der Waals surface area contributed by atoms with Gasteiger partial charge in [0.2, 0.25) is 0 Å². The zero-order valence-corrected chi connectivity index (χ0v) is 13.1. The molecule has 2 N–H and O–H groups in total. The van der Waals surface area contributed by atoms with E-state index in [1.54, 1.807) is 19.1 Å². The topological polar surface area (TPSA) is 79.5 Å². The molecule has 2 rings (SSSR count). The van der Waals surface area contributed by atoms with Gasteiger partial charge in [0.05, 0.1) is 11.1 Å². The predicted octanol–water partition coefficient (Wildman–Crippen LogP) is 3.97. The molecule has 2 aromatic rings. The van der Waals surface area contributed by atoms with Gasteiger partial charge in [-0.25, -0.2) is 4.79 Å². The summed E-state index contributed by atoms with van der Waals surface area (Å²) >= 11 is 0. The molecule has 0 atom stereocenters. The lowest BCUT2D eigenvalue weighted by atomic mass is 10.1. The molecule has 0 bridgehead atoms. The number of nitrogens with one attached hydrogen (secondary N) is 1. The van der Waals surface area contributed by atoms with Gasteiger partial charge in [-0.3, -0.25) is 4.79 Å². The number of carbonyl (C=O) groups is 2. The maximum absolute atomic E-state index is 12.4. The minimum atomic E-state index is -1.03. The van der Waals surface area contributed by atoms with Crippen LogP contribution in [0.1, 0.15) is 57.6 Å². The summed E-state index contributed by atoms with van der Waals surface area (Å²) in [5.41, 5.74) is 1.87.